The SMILES string of the molecule is C[C@@H](Oc1ccc2ccccc2c1)C(=O)NCc1ccc(F)cc1. The molecule has 0 bridgehead atoms. The average molecular weight is 323 g/mol. The van der Waals surface area contributed by atoms with Crippen molar-refractivity contribution in [2.24, 2.45) is 0 Å². The van der Waals surface area contributed by atoms with Crippen molar-refractivity contribution in [3.8, 4) is 5.75 Å². The summed E-state index contributed by atoms with van der Waals surface area (Å²) in [5.74, 6) is 0.142. The molecule has 0 saturated heterocycles. The Hall–Kier alpha value is -2.88. The number of ether oxygens (including phenoxy) is 1. The standard InChI is InChI=1S/C20H18FNO2/c1-14(20(23)22-13-15-6-9-18(21)10-7-15)24-19-11-8-16-4-2-3-5-17(16)12-19/h2-12,14H,13H2,1H3,(H,22,23)/t14-/m1/s1. The van der Waals surface area contributed by atoms with Crippen LogP contribution in [-0.4, -0.2) is 12.0 Å². The lowest BCUT2D eigenvalue weighted by atomic mass is 10.1. The molecule has 0 aliphatic carbocycles. The Labute approximate surface area is 140 Å². The number of carbonyl (C=O) groups excluding carboxylic acids is 1. The first kappa shape index (κ1) is 16.0. The van der Waals surface area contributed by atoms with Crippen molar-refractivity contribution in [3.05, 3.63) is 78.1 Å². The molecular weight excluding hydrogens is 305 g/mol. The fourth-order valence-corrected chi connectivity index (χ4v) is 2.43. The minimum absolute atomic E-state index is 0.215. The van der Waals surface area contributed by atoms with E-state index in [4.69, 9.17) is 4.74 Å². The molecular formula is C20H18FNO2. The van der Waals surface area contributed by atoms with E-state index in [0.29, 0.717) is 12.3 Å². The average Bonchev–Trinajstić information content (AvgIpc) is 2.61. The van der Waals surface area contributed by atoms with E-state index in [1.54, 1.807) is 19.1 Å². The van der Waals surface area contributed by atoms with E-state index in [-0.39, 0.29) is 11.7 Å². The highest BCUT2D eigenvalue weighted by Crippen LogP contribution is 2.21. The highest BCUT2D eigenvalue weighted by Gasteiger charge is 2.14. The third kappa shape index (κ3) is 3.90. The van der Waals surface area contributed by atoms with E-state index in [9.17, 15) is 9.18 Å². The van der Waals surface area contributed by atoms with Gasteiger partial charge in [0, 0.05) is 6.54 Å². The summed E-state index contributed by atoms with van der Waals surface area (Å²) in [6.07, 6.45) is -0.619. The van der Waals surface area contributed by atoms with Crippen LogP contribution in [0.15, 0.2) is 66.7 Å². The van der Waals surface area contributed by atoms with Crippen LogP contribution in [0.4, 0.5) is 4.39 Å². The highest BCUT2D eigenvalue weighted by atomic mass is 19.1. The third-order valence-electron chi connectivity index (χ3n) is 3.78. The Bertz CT molecular complexity index is 846. The van der Waals surface area contributed by atoms with Gasteiger partial charge in [-0.25, -0.2) is 4.39 Å². The van der Waals surface area contributed by atoms with Crippen LogP contribution in [0.5, 0.6) is 5.75 Å². The molecule has 24 heavy (non-hydrogen) atoms. The van der Waals surface area contributed by atoms with Crippen molar-refractivity contribution in [1.29, 1.82) is 0 Å². The van der Waals surface area contributed by atoms with E-state index in [1.807, 2.05) is 42.5 Å². The van der Waals surface area contributed by atoms with Gasteiger partial charge in [0.2, 0.25) is 0 Å². The number of benzene rings is 3. The van der Waals surface area contributed by atoms with Crippen LogP contribution in [0, 0.1) is 5.82 Å². The van der Waals surface area contributed by atoms with Gasteiger partial charge in [-0.3, -0.25) is 4.79 Å². The second-order valence-corrected chi connectivity index (χ2v) is 5.61. The normalized spacial score (nSPS) is 11.9. The number of nitrogens with one attached hydrogen (secondary N) is 1. The predicted octanol–water partition coefficient (Wildman–Crippen LogP) is 4.06. The number of rotatable bonds is 5. The van der Waals surface area contributed by atoms with E-state index in [2.05, 4.69) is 5.32 Å². The van der Waals surface area contributed by atoms with Crippen LogP contribution < -0.4 is 10.1 Å². The maximum Gasteiger partial charge on any atom is 0.261 e. The quantitative estimate of drug-likeness (QED) is 0.769. The molecule has 0 aliphatic heterocycles. The number of amides is 1. The van der Waals surface area contributed by atoms with E-state index in [0.717, 1.165) is 16.3 Å². The summed E-state index contributed by atoms with van der Waals surface area (Å²) in [6.45, 7) is 2.04. The van der Waals surface area contributed by atoms with Gasteiger partial charge in [-0.15, -0.1) is 0 Å². The highest BCUT2D eigenvalue weighted by molar-refractivity contribution is 5.84. The molecule has 3 aromatic carbocycles. The fourth-order valence-electron chi connectivity index (χ4n) is 2.43. The largest absolute Gasteiger partial charge is 0.481 e. The molecule has 0 spiro atoms. The zero-order chi connectivity index (χ0) is 16.9. The van der Waals surface area contributed by atoms with E-state index >= 15 is 0 Å². The van der Waals surface area contributed by atoms with E-state index in [1.165, 1.54) is 12.1 Å². The molecule has 3 aromatic rings. The first-order valence-electron chi connectivity index (χ1n) is 7.79. The summed E-state index contributed by atoms with van der Waals surface area (Å²) in [6, 6.07) is 19.7. The lowest BCUT2D eigenvalue weighted by Gasteiger charge is -2.15. The lowest BCUT2D eigenvalue weighted by Crippen LogP contribution is -2.35. The Morgan fingerprint density at radius 2 is 1.75 bits per heavy atom. The molecule has 4 heteroatoms. The van der Waals surface area contributed by atoms with Crippen molar-refractivity contribution in [3.63, 3.8) is 0 Å². The van der Waals surface area contributed by atoms with Crippen molar-refractivity contribution >= 4 is 16.7 Å². The van der Waals surface area contributed by atoms with Gasteiger partial charge in [0.25, 0.3) is 5.91 Å². The Kier molecular flexibility index (Phi) is 4.75. The van der Waals surface area contributed by atoms with Gasteiger partial charge in [0.15, 0.2) is 6.10 Å². The minimum Gasteiger partial charge on any atom is -0.481 e. The van der Waals surface area contributed by atoms with E-state index < -0.39 is 6.10 Å². The number of fused-ring (bicyclic) bond motifs is 1. The fraction of sp³-hybridized carbons (Fsp3) is 0.150. The number of hydrogen-bond acceptors (Lipinski definition) is 2. The molecule has 0 aliphatic rings. The summed E-state index contributed by atoms with van der Waals surface area (Å²) < 4.78 is 18.6. The summed E-state index contributed by atoms with van der Waals surface area (Å²) in [7, 11) is 0. The van der Waals surface area contributed by atoms with Crippen LogP contribution in [0.2, 0.25) is 0 Å². The second kappa shape index (κ2) is 7.13. The summed E-state index contributed by atoms with van der Waals surface area (Å²) >= 11 is 0. The van der Waals surface area contributed by atoms with Crippen molar-refractivity contribution in [1.82, 2.24) is 5.32 Å². The van der Waals surface area contributed by atoms with Crippen molar-refractivity contribution in [2.75, 3.05) is 0 Å². The number of carbonyl (C=O) groups is 1. The van der Waals surface area contributed by atoms with Gasteiger partial charge >= 0.3 is 0 Å². The van der Waals surface area contributed by atoms with Crippen LogP contribution >= 0.6 is 0 Å². The van der Waals surface area contributed by atoms with Crippen LogP contribution in [0.3, 0.4) is 0 Å². The number of hydrogen-bond donors (Lipinski definition) is 1. The topological polar surface area (TPSA) is 38.3 Å². The molecule has 3 rings (SSSR count). The molecule has 122 valence electrons. The molecule has 0 aromatic heterocycles. The molecule has 1 atom stereocenters. The van der Waals surface area contributed by atoms with Crippen LogP contribution in [0.25, 0.3) is 10.8 Å². The van der Waals surface area contributed by atoms with Gasteiger partial charge in [-0.2, -0.15) is 0 Å². The maximum absolute atomic E-state index is 12.9. The van der Waals surface area contributed by atoms with Crippen molar-refractivity contribution < 1.29 is 13.9 Å². The van der Waals surface area contributed by atoms with Crippen molar-refractivity contribution in [2.45, 2.75) is 19.6 Å². The monoisotopic (exact) mass is 323 g/mol. The Morgan fingerprint density at radius 1 is 1.04 bits per heavy atom. The zero-order valence-corrected chi connectivity index (χ0v) is 13.3. The second-order valence-electron chi connectivity index (χ2n) is 5.61. The molecule has 0 saturated carbocycles. The zero-order valence-electron chi connectivity index (χ0n) is 13.3. The molecule has 0 heterocycles. The number of halogens is 1. The predicted molar refractivity (Wildman–Crippen MR) is 92.3 cm³/mol. The van der Waals surface area contributed by atoms with Crippen LogP contribution in [0.1, 0.15) is 12.5 Å². The molecule has 0 fully saturated rings. The maximum atomic E-state index is 12.9. The Balaban J connectivity index is 1.59. The summed E-state index contributed by atoms with van der Waals surface area (Å²) in [4.78, 5) is 12.1. The molecule has 1 amide bonds. The third-order valence-corrected chi connectivity index (χ3v) is 3.78. The van der Waals surface area contributed by atoms with Crippen LogP contribution in [-0.2, 0) is 11.3 Å². The molecule has 0 radical (unpaired) electrons. The lowest BCUT2D eigenvalue weighted by molar-refractivity contribution is -0.127. The minimum atomic E-state index is -0.619. The Morgan fingerprint density at radius 3 is 2.50 bits per heavy atom. The van der Waals surface area contributed by atoms with Gasteiger partial charge in [-0.05, 0) is 47.5 Å². The molecule has 0 unspecified atom stereocenters. The first-order valence-corrected chi connectivity index (χ1v) is 7.79. The first-order chi connectivity index (χ1) is 11.6. The molecule has 3 nitrogen and oxygen atoms in total. The van der Waals surface area contributed by atoms with Gasteiger partial charge in [0.05, 0.1) is 0 Å². The summed E-state index contributed by atoms with van der Waals surface area (Å²) in [5.41, 5.74) is 0.836. The van der Waals surface area contributed by atoms with Gasteiger partial charge in [0.1, 0.15) is 11.6 Å². The molecule has 1 N–H and O–H groups in total. The smallest absolute Gasteiger partial charge is 0.261 e. The van der Waals surface area contributed by atoms with Gasteiger partial charge in [-0.1, -0.05) is 42.5 Å². The van der Waals surface area contributed by atoms with Gasteiger partial charge < -0.3 is 10.1 Å². The summed E-state index contributed by atoms with van der Waals surface area (Å²) in [5, 5.41) is 4.98.